The first-order chi connectivity index (χ1) is 12.1. The van der Waals surface area contributed by atoms with E-state index >= 15 is 0 Å². The summed E-state index contributed by atoms with van der Waals surface area (Å²) in [6.45, 7) is 1.49. The van der Waals surface area contributed by atoms with E-state index in [1.54, 1.807) is 4.90 Å². The van der Waals surface area contributed by atoms with Gasteiger partial charge in [-0.1, -0.05) is 11.8 Å². The zero-order valence-electron chi connectivity index (χ0n) is 13.4. The van der Waals surface area contributed by atoms with Gasteiger partial charge in [-0.2, -0.15) is 0 Å². The Kier molecular flexibility index (Phi) is 4.95. The number of urea groups is 1. The van der Waals surface area contributed by atoms with E-state index in [0.29, 0.717) is 18.7 Å². The number of anilines is 1. The van der Waals surface area contributed by atoms with Gasteiger partial charge >= 0.3 is 6.03 Å². The van der Waals surface area contributed by atoms with Crippen LogP contribution in [0.3, 0.4) is 0 Å². The van der Waals surface area contributed by atoms with Gasteiger partial charge in [-0.15, -0.1) is 0 Å². The molecule has 0 saturated carbocycles. The Morgan fingerprint density at radius 1 is 1.16 bits per heavy atom. The highest BCUT2D eigenvalue weighted by Crippen LogP contribution is 2.16. The third kappa shape index (κ3) is 4.15. The van der Waals surface area contributed by atoms with Crippen LogP contribution >= 0.6 is 0 Å². The number of nitrogens with one attached hydrogen (secondary N) is 2. The average molecular weight is 337 g/mol. The van der Waals surface area contributed by atoms with Gasteiger partial charge in [-0.3, -0.25) is 9.69 Å². The van der Waals surface area contributed by atoms with Gasteiger partial charge in [0.05, 0.1) is 6.54 Å². The van der Waals surface area contributed by atoms with Crippen molar-refractivity contribution >= 4 is 17.6 Å². The molecule has 0 radical (unpaired) electrons. The molecule has 1 heterocycles. The molecule has 1 saturated heterocycles. The minimum atomic E-state index is -0.383. The van der Waals surface area contributed by atoms with Gasteiger partial charge in [-0.05, 0) is 48.5 Å². The highest BCUT2D eigenvalue weighted by atomic mass is 19.1. The van der Waals surface area contributed by atoms with Crippen molar-refractivity contribution in [3.05, 3.63) is 65.5 Å². The third-order valence-electron chi connectivity index (χ3n) is 3.71. The van der Waals surface area contributed by atoms with Crippen molar-refractivity contribution < 1.29 is 14.0 Å². The lowest BCUT2D eigenvalue weighted by molar-refractivity contribution is 0.0958. The molecular weight excluding hydrogens is 321 g/mol. The minimum Gasteiger partial charge on any atom is -0.341 e. The lowest BCUT2D eigenvalue weighted by Crippen LogP contribution is -2.27. The molecule has 2 aromatic carbocycles. The number of amides is 3. The fourth-order valence-corrected chi connectivity index (χ4v) is 2.42. The number of hydrogen-bond acceptors (Lipinski definition) is 2. The van der Waals surface area contributed by atoms with Crippen LogP contribution in [0.25, 0.3) is 0 Å². The smallest absolute Gasteiger partial charge is 0.321 e. The van der Waals surface area contributed by atoms with Crippen molar-refractivity contribution in [1.29, 1.82) is 0 Å². The first kappa shape index (κ1) is 16.5. The normalized spacial score (nSPS) is 13.0. The zero-order chi connectivity index (χ0) is 17.6. The van der Waals surface area contributed by atoms with Crippen molar-refractivity contribution in [2.75, 3.05) is 24.5 Å². The summed E-state index contributed by atoms with van der Waals surface area (Å²) in [7, 11) is 0. The van der Waals surface area contributed by atoms with Gasteiger partial charge in [0.2, 0.25) is 0 Å². The monoisotopic (exact) mass is 337 g/mol. The SMILES string of the molecule is O=C(NCC#Cc1ccc(N2CCNC2=O)cc1)c1ccc(F)cc1. The fraction of sp³-hybridized carbons (Fsp3) is 0.158. The summed E-state index contributed by atoms with van der Waals surface area (Å²) in [6.07, 6.45) is 0. The van der Waals surface area contributed by atoms with Crippen molar-refractivity contribution in [2.24, 2.45) is 0 Å². The Morgan fingerprint density at radius 3 is 2.52 bits per heavy atom. The lowest BCUT2D eigenvalue weighted by Gasteiger charge is -2.13. The minimum absolute atomic E-state index is 0.0951. The summed E-state index contributed by atoms with van der Waals surface area (Å²) < 4.78 is 12.8. The fourth-order valence-electron chi connectivity index (χ4n) is 2.42. The number of hydrogen-bond donors (Lipinski definition) is 2. The molecule has 126 valence electrons. The molecule has 0 bridgehead atoms. The lowest BCUT2D eigenvalue weighted by atomic mass is 10.2. The van der Waals surface area contributed by atoms with Crippen LogP contribution in [0.4, 0.5) is 14.9 Å². The summed E-state index contributed by atoms with van der Waals surface area (Å²) in [5, 5.41) is 5.40. The van der Waals surface area contributed by atoms with Crippen molar-refractivity contribution in [1.82, 2.24) is 10.6 Å². The Labute approximate surface area is 144 Å². The molecule has 0 aliphatic carbocycles. The van der Waals surface area contributed by atoms with E-state index < -0.39 is 0 Å². The van der Waals surface area contributed by atoms with E-state index in [0.717, 1.165) is 11.3 Å². The van der Waals surface area contributed by atoms with Crippen LogP contribution in [0, 0.1) is 17.7 Å². The molecule has 0 aromatic heterocycles. The van der Waals surface area contributed by atoms with E-state index in [1.165, 1.54) is 24.3 Å². The van der Waals surface area contributed by atoms with Crippen LogP contribution < -0.4 is 15.5 Å². The molecule has 2 N–H and O–H groups in total. The van der Waals surface area contributed by atoms with Gasteiger partial charge < -0.3 is 10.6 Å². The van der Waals surface area contributed by atoms with Gasteiger partial charge in [0.25, 0.3) is 5.91 Å². The van der Waals surface area contributed by atoms with Gasteiger partial charge in [0.15, 0.2) is 0 Å². The zero-order valence-corrected chi connectivity index (χ0v) is 13.4. The van der Waals surface area contributed by atoms with E-state index in [4.69, 9.17) is 0 Å². The van der Waals surface area contributed by atoms with Gasteiger partial charge in [0, 0.05) is 29.9 Å². The Balaban J connectivity index is 1.54. The molecule has 25 heavy (non-hydrogen) atoms. The Hall–Kier alpha value is -3.33. The Morgan fingerprint density at radius 2 is 1.88 bits per heavy atom. The van der Waals surface area contributed by atoms with Gasteiger partial charge in [-0.25, -0.2) is 9.18 Å². The number of nitrogens with zero attached hydrogens (tertiary/aromatic N) is 1. The first-order valence-corrected chi connectivity index (χ1v) is 7.81. The number of rotatable bonds is 3. The highest BCUT2D eigenvalue weighted by Gasteiger charge is 2.20. The molecule has 0 atom stereocenters. The van der Waals surface area contributed by atoms with Crippen LogP contribution in [0.5, 0.6) is 0 Å². The second kappa shape index (κ2) is 7.49. The van der Waals surface area contributed by atoms with E-state index in [1.807, 2.05) is 24.3 Å². The maximum Gasteiger partial charge on any atom is 0.321 e. The van der Waals surface area contributed by atoms with E-state index in [9.17, 15) is 14.0 Å². The number of halogens is 1. The number of carbonyl (C=O) groups is 2. The third-order valence-corrected chi connectivity index (χ3v) is 3.71. The van der Waals surface area contributed by atoms with Crippen LogP contribution in [0.1, 0.15) is 15.9 Å². The molecule has 0 spiro atoms. The standard InChI is InChI=1S/C19H16FN3O2/c20-16-7-5-15(6-8-16)18(24)21-11-1-2-14-3-9-17(10-4-14)23-13-12-22-19(23)25/h3-10H,11-13H2,(H,21,24)(H,22,25). The summed E-state index contributed by atoms with van der Waals surface area (Å²) in [4.78, 5) is 25.1. The van der Waals surface area contributed by atoms with E-state index in [2.05, 4.69) is 22.5 Å². The molecule has 1 aliphatic rings. The number of carbonyl (C=O) groups excluding carboxylic acids is 2. The van der Waals surface area contributed by atoms with Crippen LogP contribution in [-0.4, -0.2) is 31.6 Å². The summed E-state index contributed by atoms with van der Waals surface area (Å²) in [6, 6.07) is 12.6. The molecule has 3 amide bonds. The maximum atomic E-state index is 12.8. The van der Waals surface area contributed by atoms with Crippen molar-refractivity contribution in [3.63, 3.8) is 0 Å². The first-order valence-electron chi connectivity index (χ1n) is 7.81. The highest BCUT2D eigenvalue weighted by molar-refractivity contribution is 5.94. The van der Waals surface area contributed by atoms with E-state index in [-0.39, 0.29) is 24.3 Å². The van der Waals surface area contributed by atoms with Crippen LogP contribution in [0.15, 0.2) is 48.5 Å². The Bertz CT molecular complexity index is 836. The van der Waals surface area contributed by atoms with Crippen LogP contribution in [-0.2, 0) is 0 Å². The summed E-state index contributed by atoms with van der Waals surface area (Å²) >= 11 is 0. The second-order valence-corrected chi connectivity index (χ2v) is 5.42. The average Bonchev–Trinajstić information content (AvgIpc) is 3.06. The molecule has 2 aromatic rings. The van der Waals surface area contributed by atoms with Crippen LogP contribution in [0.2, 0.25) is 0 Å². The predicted octanol–water partition coefficient (Wildman–Crippen LogP) is 2.14. The molecule has 3 rings (SSSR count). The molecule has 6 heteroatoms. The predicted molar refractivity (Wildman–Crippen MR) is 92.8 cm³/mol. The molecule has 1 aliphatic heterocycles. The number of benzene rings is 2. The van der Waals surface area contributed by atoms with Crippen molar-refractivity contribution in [3.8, 4) is 11.8 Å². The molecular formula is C19H16FN3O2. The van der Waals surface area contributed by atoms with Gasteiger partial charge in [0.1, 0.15) is 5.82 Å². The molecule has 5 nitrogen and oxygen atoms in total. The summed E-state index contributed by atoms with van der Waals surface area (Å²) in [5.41, 5.74) is 2.00. The summed E-state index contributed by atoms with van der Waals surface area (Å²) in [5.74, 6) is 5.12. The second-order valence-electron chi connectivity index (χ2n) is 5.42. The quantitative estimate of drug-likeness (QED) is 0.843. The molecule has 0 unspecified atom stereocenters. The maximum absolute atomic E-state index is 12.8. The topological polar surface area (TPSA) is 61.4 Å². The molecule has 1 fully saturated rings. The van der Waals surface area contributed by atoms with Crippen molar-refractivity contribution in [2.45, 2.75) is 0 Å². The largest absolute Gasteiger partial charge is 0.341 e.